The highest BCUT2D eigenvalue weighted by atomic mass is 35.5. The molecule has 4 aliphatic heterocycles. The number of aliphatic hydroxyl groups is 1. The molecule has 652 valence electrons. The fourth-order valence-corrected chi connectivity index (χ4v) is 19.2. The van der Waals surface area contributed by atoms with Gasteiger partial charge in [0.05, 0.1) is 58.0 Å². The number of alkyl carbamates (subject to hydrolysis) is 2. The molecule has 5 N–H and O–H groups in total. The van der Waals surface area contributed by atoms with Gasteiger partial charge < -0.3 is 44.3 Å². The minimum atomic E-state index is -4.14. The lowest BCUT2D eigenvalue weighted by atomic mass is 9.91. The summed E-state index contributed by atoms with van der Waals surface area (Å²) in [6, 6.07) is 8.69. The van der Waals surface area contributed by atoms with E-state index >= 15 is 0 Å². The zero-order chi connectivity index (χ0) is 87.3. The van der Waals surface area contributed by atoms with E-state index in [1.165, 1.54) is 38.0 Å². The molecule has 35 heteroatoms. The van der Waals surface area contributed by atoms with Crippen molar-refractivity contribution in [3.63, 3.8) is 0 Å². The van der Waals surface area contributed by atoms with Gasteiger partial charge in [0.2, 0.25) is 28.9 Å². The van der Waals surface area contributed by atoms with Crippen LogP contribution in [0, 0.1) is 22.7 Å². The molecule has 2 saturated heterocycles. The van der Waals surface area contributed by atoms with E-state index in [0.717, 1.165) is 95.3 Å². The van der Waals surface area contributed by atoms with Crippen molar-refractivity contribution in [2.75, 3.05) is 41.3 Å². The first-order chi connectivity index (χ1) is 55.7. The number of amides is 6. The first-order valence-electron chi connectivity index (χ1n) is 41.2. The highest BCUT2D eigenvalue weighted by Gasteiger charge is 2.63. The summed E-state index contributed by atoms with van der Waals surface area (Å²) in [5, 5.41) is 22.4. The van der Waals surface area contributed by atoms with E-state index in [0.29, 0.717) is 55.7 Å². The number of ketones is 2. The number of fused-ring (bicyclic) bond motifs is 6. The fraction of sp³-hybridized carbons (Fsp3) is 0.619. The molecule has 6 aromatic rings. The second-order valence-corrected chi connectivity index (χ2v) is 41.4. The molecular weight excluding hydrogens is 1620 g/mol. The normalized spacial score (nSPS) is 24.8. The molecule has 10 atom stereocenters. The van der Waals surface area contributed by atoms with Gasteiger partial charge in [-0.1, -0.05) is 89.8 Å². The molecule has 0 bridgehead atoms. The molecule has 6 amide bonds. The number of carbonyl (C=O) groups excluding carboxylic acids is 8. The number of allylic oxidation sites excluding steroid dienone is 4. The number of para-hydroxylation sites is 2. The Morgan fingerprint density at radius 3 is 1.41 bits per heavy atom. The number of nitrogens with one attached hydrogen (secondary N) is 4. The number of rotatable bonds is 16. The second-order valence-electron chi connectivity index (χ2n) is 35.6. The quantitative estimate of drug-likeness (QED) is 0.0562. The third-order valence-corrected chi connectivity index (χ3v) is 27.1. The Bertz CT molecular complexity index is 5020. The minimum absolute atomic E-state index is 0.00205. The maximum absolute atomic E-state index is 14.7. The molecule has 12 rings (SSSR count). The monoisotopic (exact) mass is 1740 g/mol. The van der Waals surface area contributed by atoms with Gasteiger partial charge in [0, 0.05) is 94.4 Å². The number of hydrogen-bond acceptors (Lipinski definition) is 22. The molecule has 0 radical (unpaired) electrons. The van der Waals surface area contributed by atoms with Crippen LogP contribution in [-0.4, -0.2) is 206 Å². The molecule has 0 spiro atoms. The van der Waals surface area contributed by atoms with Gasteiger partial charge in [0.25, 0.3) is 6.01 Å². The Hall–Kier alpha value is -8.25. The number of benzene rings is 2. The summed E-state index contributed by atoms with van der Waals surface area (Å²) < 4.78 is 78.1. The second kappa shape index (κ2) is 38.0. The van der Waals surface area contributed by atoms with Crippen LogP contribution >= 0.6 is 34.3 Å². The minimum Gasteiger partial charge on any atom is -0.459 e. The summed E-state index contributed by atoms with van der Waals surface area (Å²) in [7, 11) is -2.98. The standard InChI is InChI=1S/C42H59N7O8S2.C26H42N4O8S.C16H18ClN3S/c1-25(2)31-24-58-36(43-31)29-17-15-19-32-35(29)45-39(49(32)26(3)4)56-28-20-33-34(50)22-42(38(52)46-59(54,55)47(8)9)21-27(42)16-13-11-10-12-14-18-30(37(51)48(33)23-28)44-40(53)57-41(5,6)7;1-25(2,3)38-24(35)27-19-12-10-8-6-7-9-11-17-14-26(17,23(34)28-39(36,37)29(4)5)15-21(32)20-13-18(31)16-30(20)22(19)33;1-9(2)12-8-21-15(18-12)11-6-5-7-13-14(11)19-16(17)20(13)10(3)4/h13,15-17,19,24-28,30,33H,10-12,14,18,20-23H2,1-9H3,(H,44,53)(H,46,52);9,11,17-20,31H,6-8,10,12-16H2,1-5H3,(H,27,35)(H,28,34);5-10H,1-4H3/b16-13-;11-9-;/t27-,28-,30+,33+,42-;17-,18-,19+,20+,26-;/m11./s1. The molecule has 119 heavy (non-hydrogen) atoms. The topological polar surface area (TPSA) is 375 Å². The van der Waals surface area contributed by atoms with Crippen LogP contribution in [0.15, 0.2) is 71.5 Å². The Balaban J connectivity index is 0.000000211. The highest BCUT2D eigenvalue weighted by Crippen LogP contribution is 2.59. The summed E-state index contributed by atoms with van der Waals surface area (Å²) in [5.41, 5.74) is 3.48. The van der Waals surface area contributed by atoms with E-state index in [-0.39, 0.29) is 75.0 Å². The van der Waals surface area contributed by atoms with Gasteiger partial charge in [-0.3, -0.25) is 33.3 Å². The first kappa shape index (κ1) is 93.0. The van der Waals surface area contributed by atoms with Crippen molar-refractivity contribution in [3.05, 3.63) is 88.1 Å². The fourth-order valence-electron chi connectivity index (χ4n) is 15.5. The number of imidazole rings is 2. The molecule has 0 unspecified atom stereocenters. The van der Waals surface area contributed by atoms with Crippen LogP contribution < -0.4 is 24.8 Å². The third-order valence-electron chi connectivity index (χ3n) is 22.2. The predicted molar refractivity (Wildman–Crippen MR) is 459 cm³/mol. The number of ether oxygens (including phenoxy) is 3. The Kier molecular flexibility index (Phi) is 29.7. The van der Waals surface area contributed by atoms with Gasteiger partial charge in [-0.25, -0.2) is 34.0 Å². The van der Waals surface area contributed by atoms with Gasteiger partial charge >= 0.3 is 32.6 Å². The Labute approximate surface area is 712 Å². The van der Waals surface area contributed by atoms with Crippen LogP contribution in [0.4, 0.5) is 9.59 Å². The smallest absolute Gasteiger partial charge is 0.408 e. The summed E-state index contributed by atoms with van der Waals surface area (Å²) in [6.07, 6.45) is 11.2. The Morgan fingerprint density at radius 1 is 0.580 bits per heavy atom. The van der Waals surface area contributed by atoms with Crippen LogP contribution in [0.2, 0.25) is 5.28 Å². The van der Waals surface area contributed by atoms with Crippen molar-refractivity contribution in [1.82, 2.24) is 67.6 Å². The van der Waals surface area contributed by atoms with Crippen molar-refractivity contribution < 1.29 is 74.5 Å². The van der Waals surface area contributed by atoms with E-state index in [4.69, 9.17) is 40.8 Å². The van der Waals surface area contributed by atoms with E-state index in [1.54, 1.807) is 64.2 Å². The van der Waals surface area contributed by atoms with E-state index in [2.05, 4.69) is 94.1 Å². The molecule has 4 fully saturated rings. The summed E-state index contributed by atoms with van der Waals surface area (Å²) in [5.74, 6) is -3.27. The SMILES string of the molecule is CC(C)c1csc(-c2cccc3c2nc(Cl)n3C(C)C)n1.CC(C)c1csc(-c2cccc3c2nc(O[C@@H]2C[C@H]4C(=O)C[C@]5(C(=O)NS(=O)(=O)N(C)C)C[C@H]5/C=C\CCCCC[C@H](NC(=O)OC(C)(C)C)C(=O)N4C2)n3C(C)C)n1.CN(C)S(=O)(=O)NC(=O)[C@]12CC(=O)[C@@H]3C[C@@H](O)CN3C(=O)[C@@H](NC(=O)OC(C)(C)C)CCCCC/C=C\[C@@H]1C2. The third kappa shape index (κ3) is 22.5. The lowest BCUT2D eigenvalue weighted by molar-refractivity contribution is -0.140. The number of hydrogen-bond donors (Lipinski definition) is 5. The molecule has 4 aromatic heterocycles. The van der Waals surface area contributed by atoms with Crippen LogP contribution in [-0.2, 0) is 58.7 Å². The van der Waals surface area contributed by atoms with Gasteiger partial charge in [0.15, 0.2) is 11.6 Å². The number of carbonyl (C=O) groups is 8. The molecule has 2 aliphatic carbocycles. The molecule has 8 heterocycles. The number of aliphatic hydroxyl groups excluding tert-OH is 1. The molecular formula is C84H119ClN14O16S4. The van der Waals surface area contributed by atoms with Crippen LogP contribution in [0.5, 0.6) is 6.01 Å². The van der Waals surface area contributed by atoms with Crippen molar-refractivity contribution >= 4 is 124 Å². The largest absolute Gasteiger partial charge is 0.459 e. The maximum atomic E-state index is 14.7. The Morgan fingerprint density at radius 2 is 1.00 bits per heavy atom. The van der Waals surface area contributed by atoms with Crippen molar-refractivity contribution in [2.45, 2.75) is 271 Å². The van der Waals surface area contributed by atoms with Gasteiger partial charge in [-0.2, -0.15) is 30.4 Å². The molecule has 2 saturated carbocycles. The molecule has 30 nitrogen and oxygen atoms in total. The average molecular weight is 1740 g/mol. The number of aromatic nitrogens is 6. The highest BCUT2D eigenvalue weighted by molar-refractivity contribution is 7.88. The summed E-state index contributed by atoms with van der Waals surface area (Å²) in [6.45, 7) is 27.1. The maximum Gasteiger partial charge on any atom is 0.408 e. The molecule has 2 aromatic carbocycles. The van der Waals surface area contributed by atoms with Crippen molar-refractivity contribution in [3.8, 4) is 27.2 Å². The number of nitrogens with zero attached hydrogens (tertiary/aromatic N) is 10. The zero-order valence-electron chi connectivity index (χ0n) is 71.6. The lowest BCUT2D eigenvalue weighted by Crippen LogP contribution is -2.53. The van der Waals surface area contributed by atoms with E-state index in [9.17, 15) is 60.3 Å². The number of thiazole rings is 2. The average Bonchev–Trinajstić information content (AvgIpc) is 1.57. The van der Waals surface area contributed by atoms with Gasteiger partial charge in [-0.05, 0) is 180 Å². The first-order valence-corrected chi connectivity index (χ1v) is 46.2. The number of Topliss-reactive ketones (excluding diaryl/α,β-unsaturated/α-hetero) is 2. The van der Waals surface area contributed by atoms with Crippen LogP contribution in [0.3, 0.4) is 0 Å². The predicted octanol–water partition coefficient (Wildman–Crippen LogP) is 13.3. The number of halogens is 1. The van der Waals surface area contributed by atoms with Crippen molar-refractivity contribution in [1.29, 1.82) is 0 Å². The van der Waals surface area contributed by atoms with Crippen LogP contribution in [0.25, 0.3) is 43.2 Å². The van der Waals surface area contributed by atoms with Gasteiger partial charge in [0.1, 0.15) is 50.4 Å². The zero-order valence-corrected chi connectivity index (χ0v) is 75.7. The van der Waals surface area contributed by atoms with Crippen molar-refractivity contribution in [2.24, 2.45) is 22.7 Å². The van der Waals surface area contributed by atoms with E-state index < -0.39 is 126 Å². The van der Waals surface area contributed by atoms with E-state index in [1.807, 2.05) is 67.0 Å². The summed E-state index contributed by atoms with van der Waals surface area (Å²) in [4.78, 5) is 131. The van der Waals surface area contributed by atoms with Crippen LogP contribution in [0.1, 0.15) is 235 Å². The lowest BCUT2D eigenvalue weighted by Gasteiger charge is -2.30. The molecule has 6 aliphatic rings. The summed E-state index contributed by atoms with van der Waals surface area (Å²) >= 11 is 9.54. The van der Waals surface area contributed by atoms with Gasteiger partial charge in [-0.15, -0.1) is 22.7 Å².